The van der Waals surface area contributed by atoms with E-state index in [4.69, 9.17) is 5.73 Å². The van der Waals surface area contributed by atoms with Gasteiger partial charge in [-0.2, -0.15) is 0 Å². The van der Waals surface area contributed by atoms with Crippen LogP contribution in [0.2, 0.25) is 0 Å². The van der Waals surface area contributed by atoms with Gasteiger partial charge in [-0.05, 0) is 38.1 Å². The second kappa shape index (κ2) is 6.84. The summed E-state index contributed by atoms with van der Waals surface area (Å²) in [6.45, 7) is 4.15. The fourth-order valence-corrected chi connectivity index (χ4v) is 2.87. The molecule has 7 nitrogen and oxygen atoms in total. The number of rotatable bonds is 6. The van der Waals surface area contributed by atoms with E-state index in [1.807, 2.05) is 13.8 Å². The van der Waals surface area contributed by atoms with E-state index in [0.717, 1.165) is 10.6 Å². The van der Waals surface area contributed by atoms with Crippen molar-refractivity contribution in [3.8, 4) is 0 Å². The number of hydrogen-bond acceptors (Lipinski definition) is 6. The van der Waals surface area contributed by atoms with Gasteiger partial charge in [-0.3, -0.25) is 14.9 Å². The van der Waals surface area contributed by atoms with Gasteiger partial charge in [0.2, 0.25) is 0 Å². The summed E-state index contributed by atoms with van der Waals surface area (Å²) < 4.78 is 0. The van der Waals surface area contributed by atoms with Crippen LogP contribution in [0.5, 0.6) is 0 Å². The molecule has 0 saturated carbocycles. The minimum atomic E-state index is -0.677. The topological polar surface area (TPSA) is 111 Å². The molecule has 1 amide bonds. The first kappa shape index (κ1) is 17.0. The maximum Gasteiger partial charge on any atom is 0.271 e. The third kappa shape index (κ3) is 4.11. The fourth-order valence-electron chi connectivity index (χ4n) is 2.07. The van der Waals surface area contributed by atoms with Crippen LogP contribution in [0.15, 0.2) is 29.6 Å². The van der Waals surface area contributed by atoms with Gasteiger partial charge in [0.25, 0.3) is 11.6 Å². The Morgan fingerprint density at radius 2 is 2.04 bits per heavy atom. The van der Waals surface area contributed by atoms with E-state index in [1.165, 1.54) is 23.5 Å². The Labute approximate surface area is 137 Å². The minimum absolute atomic E-state index is 0.0156. The highest BCUT2D eigenvalue weighted by molar-refractivity contribution is 7.09. The molecule has 1 aromatic carbocycles. The number of carbonyl (C=O) groups is 1. The number of carbonyl (C=O) groups excluding carboxylic acids is 1. The van der Waals surface area contributed by atoms with E-state index in [2.05, 4.69) is 10.3 Å². The number of nitro groups is 1. The molecule has 1 heterocycles. The van der Waals surface area contributed by atoms with Gasteiger partial charge in [-0.25, -0.2) is 4.98 Å². The van der Waals surface area contributed by atoms with Crippen molar-refractivity contribution in [2.75, 3.05) is 6.54 Å². The highest BCUT2D eigenvalue weighted by Crippen LogP contribution is 2.23. The number of non-ortho nitro benzene ring substituents is 1. The van der Waals surface area contributed by atoms with Crippen molar-refractivity contribution in [2.24, 2.45) is 5.73 Å². The third-order valence-electron chi connectivity index (χ3n) is 3.37. The first-order valence-corrected chi connectivity index (χ1v) is 7.93. The summed E-state index contributed by atoms with van der Waals surface area (Å²) in [6, 6.07) is 6.12. The second-order valence-corrected chi connectivity index (χ2v) is 6.49. The summed E-state index contributed by atoms with van der Waals surface area (Å²) in [6.07, 6.45) is 0.643. The highest BCUT2D eigenvalue weighted by Gasteiger charge is 2.25. The molecule has 0 bridgehead atoms. The normalized spacial score (nSPS) is 11.3. The van der Waals surface area contributed by atoms with Gasteiger partial charge in [0.05, 0.1) is 15.5 Å². The smallest absolute Gasteiger partial charge is 0.271 e. The van der Waals surface area contributed by atoms with Gasteiger partial charge in [0, 0.05) is 23.9 Å². The van der Waals surface area contributed by atoms with E-state index < -0.39 is 10.5 Å². The molecule has 0 aliphatic carbocycles. The van der Waals surface area contributed by atoms with Gasteiger partial charge in [-0.1, -0.05) is 0 Å². The molecule has 0 unspecified atom stereocenters. The van der Waals surface area contributed by atoms with Crippen LogP contribution < -0.4 is 11.1 Å². The zero-order chi connectivity index (χ0) is 17.0. The van der Waals surface area contributed by atoms with E-state index in [1.54, 1.807) is 17.5 Å². The quantitative estimate of drug-likeness (QED) is 0.621. The fraction of sp³-hybridized carbons (Fsp3) is 0.333. The van der Waals surface area contributed by atoms with Crippen molar-refractivity contribution in [3.63, 3.8) is 0 Å². The highest BCUT2D eigenvalue weighted by atomic mass is 32.1. The molecule has 0 aliphatic rings. The van der Waals surface area contributed by atoms with Crippen molar-refractivity contribution in [2.45, 2.75) is 25.8 Å². The van der Waals surface area contributed by atoms with Crippen LogP contribution in [-0.2, 0) is 12.0 Å². The molecule has 8 heteroatoms. The number of benzene rings is 1. The summed E-state index contributed by atoms with van der Waals surface area (Å²) in [5.74, 6) is -0.284. The Balaban J connectivity index is 2.12. The summed E-state index contributed by atoms with van der Waals surface area (Å²) in [5.41, 5.74) is 5.94. The Hall–Kier alpha value is -2.32. The molecule has 0 spiro atoms. The SMILES string of the molecule is CC(C)(NC(=O)c1csc(CCN)n1)c1ccc([N+](=O)[O-])cc1. The molecule has 0 fully saturated rings. The molecule has 23 heavy (non-hydrogen) atoms. The molecule has 2 aromatic rings. The molecule has 0 radical (unpaired) electrons. The second-order valence-electron chi connectivity index (χ2n) is 5.55. The van der Waals surface area contributed by atoms with Crippen LogP contribution in [0.25, 0.3) is 0 Å². The number of nitrogens with zero attached hydrogens (tertiary/aromatic N) is 2. The van der Waals surface area contributed by atoms with E-state index in [0.29, 0.717) is 18.7 Å². The standard InChI is InChI=1S/C15H18N4O3S/c1-15(2,10-3-5-11(6-4-10)19(21)22)18-14(20)12-9-23-13(17-12)7-8-16/h3-6,9H,7-8,16H2,1-2H3,(H,18,20). The molecule has 0 atom stereocenters. The van der Waals surface area contributed by atoms with Crippen molar-refractivity contribution >= 4 is 22.9 Å². The summed E-state index contributed by atoms with van der Waals surface area (Å²) in [4.78, 5) is 26.8. The number of aromatic nitrogens is 1. The van der Waals surface area contributed by atoms with Gasteiger partial charge < -0.3 is 11.1 Å². The maximum atomic E-state index is 12.3. The van der Waals surface area contributed by atoms with Gasteiger partial charge in [0.15, 0.2) is 0 Å². The first-order chi connectivity index (χ1) is 10.8. The van der Waals surface area contributed by atoms with Crippen molar-refractivity contribution in [1.82, 2.24) is 10.3 Å². The lowest BCUT2D eigenvalue weighted by Gasteiger charge is -2.26. The Morgan fingerprint density at radius 1 is 1.39 bits per heavy atom. The molecule has 3 N–H and O–H groups in total. The third-order valence-corrected chi connectivity index (χ3v) is 4.28. The van der Waals surface area contributed by atoms with Gasteiger partial charge in [0.1, 0.15) is 5.69 Å². The molecule has 0 saturated heterocycles. The molecule has 1 aromatic heterocycles. The molecule has 2 rings (SSSR count). The van der Waals surface area contributed by atoms with Crippen molar-refractivity contribution in [1.29, 1.82) is 0 Å². The minimum Gasteiger partial charge on any atom is -0.342 e. The van der Waals surface area contributed by atoms with Crippen molar-refractivity contribution < 1.29 is 9.72 Å². The lowest BCUT2D eigenvalue weighted by Crippen LogP contribution is -2.41. The Bertz CT molecular complexity index is 710. The molecular formula is C15H18N4O3S. The summed E-state index contributed by atoms with van der Waals surface area (Å²) >= 11 is 1.40. The summed E-state index contributed by atoms with van der Waals surface area (Å²) in [7, 11) is 0. The number of nitrogens with one attached hydrogen (secondary N) is 1. The van der Waals surface area contributed by atoms with Crippen molar-refractivity contribution in [3.05, 3.63) is 56.0 Å². The predicted octanol–water partition coefficient (Wildman–Crippen LogP) is 2.22. The lowest BCUT2D eigenvalue weighted by atomic mass is 9.94. The summed E-state index contributed by atoms with van der Waals surface area (Å²) in [5, 5.41) is 16.1. The Kier molecular flexibility index (Phi) is 5.07. The van der Waals surface area contributed by atoms with E-state index in [-0.39, 0.29) is 11.6 Å². The first-order valence-electron chi connectivity index (χ1n) is 7.05. The lowest BCUT2D eigenvalue weighted by molar-refractivity contribution is -0.384. The van der Waals surface area contributed by atoms with E-state index >= 15 is 0 Å². The van der Waals surface area contributed by atoms with Gasteiger partial charge in [-0.15, -0.1) is 11.3 Å². The van der Waals surface area contributed by atoms with Crippen LogP contribution in [0.3, 0.4) is 0 Å². The molecular weight excluding hydrogens is 316 g/mol. The average molecular weight is 334 g/mol. The predicted molar refractivity (Wildman–Crippen MR) is 88.5 cm³/mol. The monoisotopic (exact) mass is 334 g/mol. The molecule has 122 valence electrons. The van der Waals surface area contributed by atoms with Gasteiger partial charge >= 0.3 is 0 Å². The number of nitro benzene ring substituents is 1. The number of hydrogen-bond donors (Lipinski definition) is 2. The van der Waals surface area contributed by atoms with E-state index in [9.17, 15) is 14.9 Å². The van der Waals surface area contributed by atoms with Crippen LogP contribution >= 0.6 is 11.3 Å². The zero-order valence-electron chi connectivity index (χ0n) is 12.9. The maximum absolute atomic E-state index is 12.3. The van der Waals surface area contributed by atoms with Crippen LogP contribution in [0.1, 0.15) is 34.9 Å². The Morgan fingerprint density at radius 3 is 2.61 bits per heavy atom. The number of nitrogens with two attached hydrogens (primary N) is 1. The number of thiazole rings is 1. The average Bonchev–Trinajstić information content (AvgIpc) is 2.96. The van der Waals surface area contributed by atoms with Crippen LogP contribution in [0.4, 0.5) is 5.69 Å². The van der Waals surface area contributed by atoms with Crippen LogP contribution in [-0.4, -0.2) is 22.4 Å². The van der Waals surface area contributed by atoms with Crippen LogP contribution in [0, 0.1) is 10.1 Å². The molecule has 0 aliphatic heterocycles. The largest absolute Gasteiger partial charge is 0.342 e. The zero-order valence-corrected chi connectivity index (χ0v) is 13.7. The number of amides is 1.